The molecule has 1 rings (SSSR count). The van der Waals surface area contributed by atoms with Crippen LogP contribution >= 0.6 is 22.6 Å². The average Bonchev–Trinajstić information content (AvgIpc) is 2.13. The number of nitrogens with two attached hydrogens (primary N) is 1. The van der Waals surface area contributed by atoms with E-state index in [0.717, 1.165) is 12.1 Å². The first-order valence-electron chi connectivity index (χ1n) is 3.93. The molecular weight excluding hydrogens is 303 g/mol. The highest BCUT2D eigenvalue weighted by Crippen LogP contribution is 2.23. The fraction of sp³-hybridized carbons (Fsp3) is 0.333. The van der Waals surface area contributed by atoms with E-state index in [0.29, 0.717) is 0 Å². The van der Waals surface area contributed by atoms with E-state index in [9.17, 15) is 8.78 Å². The lowest BCUT2D eigenvalue weighted by atomic mass is 9.94. The third-order valence-electron chi connectivity index (χ3n) is 1.97. The summed E-state index contributed by atoms with van der Waals surface area (Å²) in [6, 6.07) is 2.28. The molecule has 0 amide bonds. The molecule has 0 bridgehead atoms. The van der Waals surface area contributed by atoms with E-state index >= 15 is 0 Å². The molecule has 0 spiro atoms. The lowest BCUT2D eigenvalue weighted by molar-refractivity contribution is 0.209. The molecule has 14 heavy (non-hydrogen) atoms. The zero-order valence-corrected chi connectivity index (χ0v) is 9.68. The molecule has 0 aromatic heterocycles. The maximum Gasteiger partial charge on any atom is 0.139 e. The van der Waals surface area contributed by atoms with Crippen molar-refractivity contribution < 1.29 is 13.9 Å². The molecule has 78 valence electrons. The van der Waals surface area contributed by atoms with Gasteiger partial charge in [0, 0.05) is 0 Å². The summed E-state index contributed by atoms with van der Waals surface area (Å²) in [4.78, 5) is 0. The third kappa shape index (κ3) is 2.21. The number of rotatable bonds is 2. The first kappa shape index (κ1) is 11.8. The summed E-state index contributed by atoms with van der Waals surface area (Å²) in [5, 5.41) is 8.93. The van der Waals surface area contributed by atoms with Crippen molar-refractivity contribution in [2.45, 2.75) is 12.5 Å². The van der Waals surface area contributed by atoms with Crippen LogP contribution in [-0.2, 0) is 5.54 Å². The van der Waals surface area contributed by atoms with Crippen LogP contribution in [0.5, 0.6) is 0 Å². The second kappa shape index (κ2) is 4.08. The Bertz CT molecular complexity index is 332. The lowest BCUT2D eigenvalue weighted by Crippen LogP contribution is -2.37. The molecule has 0 saturated carbocycles. The van der Waals surface area contributed by atoms with E-state index in [1.807, 2.05) is 0 Å². The summed E-state index contributed by atoms with van der Waals surface area (Å²) < 4.78 is 26.2. The van der Waals surface area contributed by atoms with Gasteiger partial charge in [0.15, 0.2) is 0 Å². The number of hydrogen-bond acceptors (Lipinski definition) is 2. The largest absolute Gasteiger partial charge is 0.394 e. The summed E-state index contributed by atoms with van der Waals surface area (Å²) in [5.41, 5.74) is 4.77. The molecule has 3 N–H and O–H groups in total. The van der Waals surface area contributed by atoms with Crippen molar-refractivity contribution in [2.75, 3.05) is 6.61 Å². The van der Waals surface area contributed by atoms with Crippen molar-refractivity contribution in [3.63, 3.8) is 0 Å². The van der Waals surface area contributed by atoms with E-state index in [-0.39, 0.29) is 15.7 Å². The van der Waals surface area contributed by atoms with Crippen molar-refractivity contribution in [2.24, 2.45) is 5.73 Å². The minimum Gasteiger partial charge on any atom is -0.394 e. The van der Waals surface area contributed by atoms with Crippen molar-refractivity contribution in [3.05, 3.63) is 32.9 Å². The maximum atomic E-state index is 13.1. The third-order valence-corrected chi connectivity index (χ3v) is 3.00. The van der Waals surface area contributed by atoms with Crippen LogP contribution in [0.2, 0.25) is 0 Å². The van der Waals surface area contributed by atoms with Crippen molar-refractivity contribution in [1.29, 1.82) is 0 Å². The highest BCUT2D eigenvalue weighted by molar-refractivity contribution is 14.1. The minimum absolute atomic E-state index is 0.0694. The first-order valence-corrected chi connectivity index (χ1v) is 5.01. The van der Waals surface area contributed by atoms with Crippen LogP contribution in [0.15, 0.2) is 12.1 Å². The standard InChI is InChI=1S/C9H10F2INO/c1-9(13,4-14)5-2-6(10)8(12)7(11)3-5/h2-3,14H,4,13H2,1H3/t9-/m0/s1. The van der Waals surface area contributed by atoms with Gasteiger partial charge in [-0.05, 0) is 47.2 Å². The van der Waals surface area contributed by atoms with Gasteiger partial charge in [0.25, 0.3) is 0 Å². The Labute approximate surface area is 94.3 Å². The van der Waals surface area contributed by atoms with Gasteiger partial charge in [-0.25, -0.2) is 8.78 Å². The molecule has 2 nitrogen and oxygen atoms in total. The number of aliphatic hydroxyl groups excluding tert-OH is 1. The van der Waals surface area contributed by atoms with Crippen molar-refractivity contribution in [1.82, 2.24) is 0 Å². The molecule has 0 unspecified atom stereocenters. The van der Waals surface area contributed by atoms with Gasteiger partial charge >= 0.3 is 0 Å². The van der Waals surface area contributed by atoms with Gasteiger partial charge in [0.1, 0.15) is 11.6 Å². The summed E-state index contributed by atoms with van der Waals surface area (Å²) in [6.07, 6.45) is 0. The topological polar surface area (TPSA) is 46.2 Å². The quantitative estimate of drug-likeness (QED) is 0.645. The Morgan fingerprint density at radius 3 is 2.21 bits per heavy atom. The lowest BCUT2D eigenvalue weighted by Gasteiger charge is -2.22. The van der Waals surface area contributed by atoms with Gasteiger partial charge in [-0.3, -0.25) is 0 Å². The van der Waals surface area contributed by atoms with Crippen LogP contribution in [0.1, 0.15) is 12.5 Å². The molecule has 0 saturated heterocycles. The number of hydrogen-bond donors (Lipinski definition) is 2. The highest BCUT2D eigenvalue weighted by Gasteiger charge is 2.22. The average molecular weight is 313 g/mol. The monoisotopic (exact) mass is 313 g/mol. The molecule has 0 aliphatic carbocycles. The highest BCUT2D eigenvalue weighted by atomic mass is 127. The molecule has 1 aromatic carbocycles. The SMILES string of the molecule is C[C@](N)(CO)c1cc(F)c(I)c(F)c1. The fourth-order valence-electron chi connectivity index (χ4n) is 0.977. The molecule has 1 atom stereocenters. The Hall–Kier alpha value is -0.270. The van der Waals surface area contributed by atoms with Gasteiger partial charge in [-0.15, -0.1) is 0 Å². The summed E-state index contributed by atoms with van der Waals surface area (Å²) in [5.74, 6) is -1.32. The summed E-state index contributed by atoms with van der Waals surface area (Å²) in [6.45, 7) is 1.14. The molecular formula is C9H10F2INO. The van der Waals surface area contributed by atoms with Gasteiger partial charge in [0.05, 0.1) is 15.7 Å². The normalized spacial score (nSPS) is 15.3. The second-order valence-corrected chi connectivity index (χ2v) is 4.41. The van der Waals surface area contributed by atoms with Gasteiger partial charge in [-0.2, -0.15) is 0 Å². The molecule has 5 heteroatoms. The molecule has 0 radical (unpaired) electrons. The van der Waals surface area contributed by atoms with Crippen LogP contribution in [-0.4, -0.2) is 11.7 Å². The number of aliphatic hydroxyl groups is 1. The van der Waals surface area contributed by atoms with E-state index in [4.69, 9.17) is 10.8 Å². The zero-order valence-electron chi connectivity index (χ0n) is 7.52. The number of halogens is 3. The smallest absolute Gasteiger partial charge is 0.139 e. The van der Waals surface area contributed by atoms with Crippen LogP contribution < -0.4 is 5.73 Å². The zero-order chi connectivity index (χ0) is 10.9. The van der Waals surface area contributed by atoms with Crippen molar-refractivity contribution in [3.8, 4) is 0 Å². The molecule has 1 aromatic rings. The van der Waals surface area contributed by atoms with Crippen LogP contribution in [0.4, 0.5) is 8.78 Å². The maximum absolute atomic E-state index is 13.1. The minimum atomic E-state index is -1.12. The molecule has 0 aliphatic heterocycles. The van der Waals surface area contributed by atoms with Crippen LogP contribution in [0.3, 0.4) is 0 Å². The Morgan fingerprint density at radius 2 is 1.86 bits per heavy atom. The summed E-state index contributed by atoms with van der Waals surface area (Å²) in [7, 11) is 0. The Kier molecular flexibility index (Phi) is 3.44. The summed E-state index contributed by atoms with van der Waals surface area (Å²) >= 11 is 1.57. The van der Waals surface area contributed by atoms with Crippen LogP contribution in [0.25, 0.3) is 0 Å². The van der Waals surface area contributed by atoms with E-state index in [2.05, 4.69) is 0 Å². The predicted molar refractivity (Wildman–Crippen MR) is 57.7 cm³/mol. The van der Waals surface area contributed by atoms with E-state index < -0.39 is 17.2 Å². The van der Waals surface area contributed by atoms with Crippen molar-refractivity contribution >= 4 is 22.6 Å². The van der Waals surface area contributed by atoms with Gasteiger partial charge in [0.2, 0.25) is 0 Å². The van der Waals surface area contributed by atoms with Crippen LogP contribution in [0, 0.1) is 15.2 Å². The molecule has 0 aliphatic rings. The molecule has 0 fully saturated rings. The first-order chi connectivity index (χ1) is 6.38. The number of benzene rings is 1. The fourth-order valence-corrected chi connectivity index (χ4v) is 1.29. The van der Waals surface area contributed by atoms with E-state index in [1.165, 1.54) is 6.92 Å². The van der Waals surface area contributed by atoms with Gasteiger partial charge in [-0.1, -0.05) is 0 Å². The van der Waals surface area contributed by atoms with E-state index in [1.54, 1.807) is 22.6 Å². The van der Waals surface area contributed by atoms with Gasteiger partial charge < -0.3 is 10.8 Å². The second-order valence-electron chi connectivity index (χ2n) is 3.33. The Balaban J connectivity index is 3.26. The Morgan fingerprint density at radius 1 is 1.43 bits per heavy atom. The predicted octanol–water partition coefficient (Wildman–Crippen LogP) is 1.74. The molecule has 0 heterocycles.